The van der Waals surface area contributed by atoms with E-state index in [0.29, 0.717) is 30.1 Å². The lowest BCUT2D eigenvalue weighted by Gasteiger charge is -2.23. The van der Waals surface area contributed by atoms with E-state index in [1.807, 2.05) is 44.3 Å². The first-order valence-electron chi connectivity index (χ1n) is 9.38. The van der Waals surface area contributed by atoms with Crippen molar-refractivity contribution in [2.24, 2.45) is 0 Å². The molecule has 0 saturated carbocycles. The number of carbonyl (C=O) groups is 1. The smallest absolute Gasteiger partial charge is 0.223 e. The lowest BCUT2D eigenvalue weighted by atomic mass is 10.1. The third kappa shape index (κ3) is 4.45. The molecule has 0 aliphatic rings. The Bertz CT molecular complexity index is 943. The predicted octanol–water partition coefficient (Wildman–Crippen LogP) is 4.47. The van der Waals surface area contributed by atoms with Crippen molar-refractivity contribution in [3.8, 4) is 17.2 Å². The topological polar surface area (TPSA) is 60.9 Å². The molecule has 1 atom stereocenters. The minimum absolute atomic E-state index is 0.0607. The molecule has 1 amide bonds. The van der Waals surface area contributed by atoms with E-state index in [9.17, 15) is 4.79 Å². The number of fused-ring (bicyclic) bond motifs is 1. The Kier molecular flexibility index (Phi) is 6.59. The summed E-state index contributed by atoms with van der Waals surface area (Å²) in [6.07, 6.45) is 0.955. The maximum absolute atomic E-state index is 12.8. The highest BCUT2D eigenvalue weighted by molar-refractivity contribution is 7.18. The van der Waals surface area contributed by atoms with Crippen molar-refractivity contribution in [1.82, 2.24) is 9.88 Å². The number of nitrogens with zero attached hydrogens (tertiary/aromatic N) is 2. The first-order valence-corrected chi connectivity index (χ1v) is 10.2. The van der Waals surface area contributed by atoms with Gasteiger partial charge in [-0.2, -0.15) is 0 Å². The van der Waals surface area contributed by atoms with Gasteiger partial charge in [-0.15, -0.1) is 11.3 Å². The molecule has 29 heavy (non-hydrogen) atoms. The van der Waals surface area contributed by atoms with E-state index in [2.05, 4.69) is 11.1 Å². The third-order valence-electron chi connectivity index (χ3n) is 4.99. The molecule has 0 saturated heterocycles. The number of rotatable bonds is 8. The zero-order chi connectivity index (χ0) is 21.0. The van der Waals surface area contributed by atoms with Gasteiger partial charge in [0, 0.05) is 13.5 Å². The van der Waals surface area contributed by atoms with Gasteiger partial charge < -0.3 is 19.1 Å². The maximum atomic E-state index is 12.8. The molecule has 1 aromatic heterocycles. The fourth-order valence-corrected chi connectivity index (χ4v) is 4.22. The first kappa shape index (κ1) is 20.9. The Labute approximate surface area is 175 Å². The fraction of sp³-hybridized carbons (Fsp3) is 0.364. The molecular weight excluding hydrogens is 388 g/mol. The lowest BCUT2D eigenvalue weighted by molar-refractivity contribution is -0.131. The lowest BCUT2D eigenvalue weighted by Crippen LogP contribution is -2.29. The molecule has 3 aromatic rings. The molecule has 0 bridgehead atoms. The maximum Gasteiger partial charge on any atom is 0.223 e. The number of methoxy groups -OCH3 is 3. The molecule has 0 unspecified atom stereocenters. The predicted molar refractivity (Wildman–Crippen MR) is 115 cm³/mol. The average Bonchev–Trinajstić information content (AvgIpc) is 3.19. The summed E-state index contributed by atoms with van der Waals surface area (Å²) in [5.41, 5.74) is 1.92. The van der Waals surface area contributed by atoms with Crippen LogP contribution in [0.3, 0.4) is 0 Å². The largest absolute Gasteiger partial charge is 0.493 e. The van der Waals surface area contributed by atoms with Crippen LogP contribution in [0.5, 0.6) is 17.2 Å². The molecule has 0 aliphatic heterocycles. The fourth-order valence-electron chi connectivity index (χ4n) is 3.16. The SMILES string of the molecule is COc1cc(CCC(=O)N(C)[C@@H](C)c2nc3ccccc3s2)cc(OC)c1OC. The normalized spacial score (nSPS) is 11.9. The van der Waals surface area contributed by atoms with Gasteiger partial charge in [-0.25, -0.2) is 4.98 Å². The van der Waals surface area contributed by atoms with Crippen LogP contribution in [0.2, 0.25) is 0 Å². The number of para-hydroxylation sites is 1. The molecule has 3 rings (SSSR count). The summed E-state index contributed by atoms with van der Waals surface area (Å²) in [7, 11) is 6.57. The van der Waals surface area contributed by atoms with Crippen LogP contribution in [0.1, 0.15) is 30.0 Å². The van der Waals surface area contributed by atoms with Crippen molar-refractivity contribution < 1.29 is 19.0 Å². The second-order valence-corrected chi connectivity index (χ2v) is 7.80. The van der Waals surface area contributed by atoms with Gasteiger partial charge in [0.05, 0.1) is 37.6 Å². The van der Waals surface area contributed by atoms with E-state index in [1.54, 1.807) is 37.6 Å². The van der Waals surface area contributed by atoms with Crippen LogP contribution < -0.4 is 14.2 Å². The van der Waals surface area contributed by atoms with Crippen LogP contribution >= 0.6 is 11.3 Å². The van der Waals surface area contributed by atoms with Crippen molar-refractivity contribution in [2.45, 2.75) is 25.8 Å². The summed E-state index contributed by atoms with van der Waals surface area (Å²) in [4.78, 5) is 19.2. The highest BCUT2D eigenvalue weighted by Crippen LogP contribution is 2.38. The summed E-state index contributed by atoms with van der Waals surface area (Å²) in [6, 6.07) is 11.7. The number of amides is 1. The number of hydrogen-bond donors (Lipinski definition) is 0. The summed E-state index contributed by atoms with van der Waals surface area (Å²) in [5, 5.41) is 0.940. The van der Waals surface area contributed by atoms with Gasteiger partial charge in [-0.1, -0.05) is 12.1 Å². The zero-order valence-electron chi connectivity index (χ0n) is 17.4. The molecule has 6 nitrogen and oxygen atoms in total. The monoisotopic (exact) mass is 414 g/mol. The molecular formula is C22H26N2O4S. The summed E-state index contributed by atoms with van der Waals surface area (Å²) in [5.74, 6) is 1.79. The number of thiazole rings is 1. The van der Waals surface area contributed by atoms with Crippen LogP contribution in [-0.4, -0.2) is 44.2 Å². The number of aromatic nitrogens is 1. The molecule has 2 aromatic carbocycles. The van der Waals surface area contributed by atoms with Crippen LogP contribution in [0.25, 0.3) is 10.2 Å². The summed E-state index contributed by atoms with van der Waals surface area (Å²) in [6.45, 7) is 2.01. The molecule has 1 heterocycles. The minimum Gasteiger partial charge on any atom is -0.493 e. The molecule has 0 aliphatic carbocycles. The first-order chi connectivity index (χ1) is 14.0. The summed E-state index contributed by atoms with van der Waals surface area (Å²) < 4.78 is 17.3. The van der Waals surface area contributed by atoms with Crippen molar-refractivity contribution in [3.05, 3.63) is 47.0 Å². The van der Waals surface area contributed by atoms with Crippen molar-refractivity contribution >= 4 is 27.5 Å². The van der Waals surface area contributed by atoms with Gasteiger partial charge in [0.15, 0.2) is 11.5 Å². The number of aryl methyl sites for hydroxylation is 1. The van der Waals surface area contributed by atoms with E-state index >= 15 is 0 Å². The van der Waals surface area contributed by atoms with Gasteiger partial charge in [0.1, 0.15) is 5.01 Å². The Balaban J connectivity index is 1.69. The van der Waals surface area contributed by atoms with E-state index in [0.717, 1.165) is 20.8 Å². The highest BCUT2D eigenvalue weighted by Gasteiger charge is 2.21. The standard InChI is InChI=1S/C22H26N2O4S/c1-14(22-23-16-8-6-7-9-19(16)29-22)24(2)20(25)11-10-15-12-17(26-3)21(28-5)18(13-15)27-4/h6-9,12-14H,10-11H2,1-5H3/t14-/m0/s1. The Morgan fingerprint density at radius 3 is 2.34 bits per heavy atom. The number of hydrogen-bond acceptors (Lipinski definition) is 6. The quantitative estimate of drug-likeness (QED) is 0.544. The Morgan fingerprint density at radius 1 is 1.10 bits per heavy atom. The van der Waals surface area contributed by atoms with E-state index in [4.69, 9.17) is 14.2 Å². The zero-order valence-corrected chi connectivity index (χ0v) is 18.2. The van der Waals surface area contributed by atoms with E-state index in [1.165, 1.54) is 0 Å². The second-order valence-electron chi connectivity index (χ2n) is 6.73. The molecule has 154 valence electrons. The van der Waals surface area contributed by atoms with Gasteiger partial charge in [-0.3, -0.25) is 4.79 Å². The van der Waals surface area contributed by atoms with Crippen LogP contribution in [-0.2, 0) is 11.2 Å². The van der Waals surface area contributed by atoms with Crippen LogP contribution in [0.15, 0.2) is 36.4 Å². The number of ether oxygens (including phenoxy) is 3. The van der Waals surface area contributed by atoms with Gasteiger partial charge >= 0.3 is 0 Å². The Hall–Kier alpha value is -2.80. The van der Waals surface area contributed by atoms with E-state index < -0.39 is 0 Å². The van der Waals surface area contributed by atoms with Crippen molar-refractivity contribution in [3.63, 3.8) is 0 Å². The second kappa shape index (κ2) is 9.13. The van der Waals surface area contributed by atoms with Crippen LogP contribution in [0.4, 0.5) is 0 Å². The average molecular weight is 415 g/mol. The van der Waals surface area contributed by atoms with Crippen molar-refractivity contribution in [2.75, 3.05) is 28.4 Å². The Morgan fingerprint density at radius 2 is 1.76 bits per heavy atom. The highest BCUT2D eigenvalue weighted by atomic mass is 32.1. The molecule has 0 radical (unpaired) electrons. The van der Waals surface area contributed by atoms with Crippen LogP contribution in [0, 0.1) is 0 Å². The number of benzene rings is 2. The van der Waals surface area contributed by atoms with Gasteiger partial charge in [-0.05, 0) is 43.2 Å². The third-order valence-corrected chi connectivity index (χ3v) is 6.20. The van der Waals surface area contributed by atoms with Gasteiger partial charge in [0.25, 0.3) is 0 Å². The minimum atomic E-state index is -0.0835. The molecule has 0 N–H and O–H groups in total. The molecule has 0 spiro atoms. The number of carbonyl (C=O) groups excluding carboxylic acids is 1. The van der Waals surface area contributed by atoms with Gasteiger partial charge in [0.2, 0.25) is 11.7 Å². The summed E-state index contributed by atoms with van der Waals surface area (Å²) >= 11 is 1.63. The molecule has 7 heteroatoms. The van der Waals surface area contributed by atoms with Crippen molar-refractivity contribution in [1.29, 1.82) is 0 Å². The van der Waals surface area contributed by atoms with E-state index in [-0.39, 0.29) is 11.9 Å². The molecule has 0 fully saturated rings.